The second-order valence-electron chi connectivity index (χ2n) is 3.73. The molecule has 0 radical (unpaired) electrons. The maximum absolute atomic E-state index is 12.7. The number of carbonyl (C=O) groups excluding carboxylic acids is 1. The Bertz CT molecular complexity index is 562. The molecule has 0 unspecified atom stereocenters. The third-order valence-electron chi connectivity index (χ3n) is 2.48. The van der Waals surface area contributed by atoms with E-state index in [0.717, 1.165) is 0 Å². The topological polar surface area (TPSA) is 72.9 Å². The van der Waals surface area contributed by atoms with E-state index in [9.17, 15) is 9.18 Å². The number of nitrogens with two attached hydrogens (primary N) is 1. The number of nitrogens with zero attached hydrogens (tertiary/aromatic N) is 2. The highest BCUT2D eigenvalue weighted by Gasteiger charge is 2.16. The van der Waals surface area contributed by atoms with Crippen LogP contribution in [0.25, 0.3) is 0 Å². The molecule has 1 aromatic carbocycles. The zero-order chi connectivity index (χ0) is 13.1. The molecular weight excluding hydrogens is 235 g/mol. The number of aromatic nitrogens is 2. The van der Waals surface area contributed by atoms with E-state index in [4.69, 9.17) is 5.73 Å². The van der Waals surface area contributed by atoms with E-state index in [0.29, 0.717) is 23.6 Å². The third-order valence-corrected chi connectivity index (χ3v) is 2.48. The van der Waals surface area contributed by atoms with Crippen LogP contribution in [0.1, 0.15) is 17.4 Å². The number of hydrogen-bond acceptors (Lipinski definition) is 3. The fourth-order valence-corrected chi connectivity index (χ4v) is 1.61. The Balaban J connectivity index is 2.21. The van der Waals surface area contributed by atoms with Gasteiger partial charge in [0.25, 0.3) is 5.91 Å². The van der Waals surface area contributed by atoms with Crippen LogP contribution in [0.2, 0.25) is 0 Å². The SMILES string of the molecule is CCn1ncc(N)c1C(=O)Nc1ccc(F)cc1. The molecule has 1 amide bonds. The molecule has 0 aliphatic carbocycles. The molecule has 0 aliphatic heterocycles. The fourth-order valence-electron chi connectivity index (χ4n) is 1.61. The Morgan fingerprint density at radius 3 is 2.72 bits per heavy atom. The van der Waals surface area contributed by atoms with Gasteiger partial charge in [-0.3, -0.25) is 9.48 Å². The average Bonchev–Trinajstić information content (AvgIpc) is 2.73. The van der Waals surface area contributed by atoms with E-state index < -0.39 is 0 Å². The van der Waals surface area contributed by atoms with Crippen LogP contribution in [0.5, 0.6) is 0 Å². The van der Waals surface area contributed by atoms with Crippen molar-refractivity contribution in [2.75, 3.05) is 11.1 Å². The molecule has 1 heterocycles. The molecule has 0 saturated carbocycles. The molecule has 1 aromatic heterocycles. The molecule has 6 heteroatoms. The summed E-state index contributed by atoms with van der Waals surface area (Å²) in [5, 5.41) is 6.62. The molecule has 5 nitrogen and oxygen atoms in total. The largest absolute Gasteiger partial charge is 0.396 e. The lowest BCUT2D eigenvalue weighted by Crippen LogP contribution is -2.18. The predicted octanol–water partition coefficient (Wildman–Crippen LogP) is 1.88. The van der Waals surface area contributed by atoms with Crippen molar-refractivity contribution >= 4 is 17.3 Å². The summed E-state index contributed by atoms with van der Waals surface area (Å²) in [6.45, 7) is 2.41. The van der Waals surface area contributed by atoms with Crippen LogP contribution in [0, 0.1) is 5.82 Å². The first kappa shape index (κ1) is 12.1. The summed E-state index contributed by atoms with van der Waals surface area (Å²) in [6.07, 6.45) is 1.43. The van der Waals surface area contributed by atoms with Crippen LogP contribution in [-0.4, -0.2) is 15.7 Å². The number of halogens is 1. The van der Waals surface area contributed by atoms with Gasteiger partial charge < -0.3 is 11.1 Å². The predicted molar refractivity (Wildman–Crippen MR) is 66.7 cm³/mol. The minimum Gasteiger partial charge on any atom is -0.396 e. The molecule has 3 N–H and O–H groups in total. The molecule has 0 fully saturated rings. The Morgan fingerprint density at radius 2 is 2.11 bits per heavy atom. The Kier molecular flexibility index (Phi) is 3.27. The van der Waals surface area contributed by atoms with Gasteiger partial charge in [0.1, 0.15) is 11.5 Å². The first-order valence-corrected chi connectivity index (χ1v) is 5.50. The van der Waals surface area contributed by atoms with Crippen LogP contribution in [0.4, 0.5) is 15.8 Å². The number of benzene rings is 1. The van der Waals surface area contributed by atoms with E-state index in [2.05, 4.69) is 10.4 Å². The van der Waals surface area contributed by atoms with Crippen molar-refractivity contribution < 1.29 is 9.18 Å². The van der Waals surface area contributed by atoms with Crippen molar-refractivity contribution in [2.45, 2.75) is 13.5 Å². The summed E-state index contributed by atoms with van der Waals surface area (Å²) < 4.78 is 14.2. The van der Waals surface area contributed by atoms with Crippen LogP contribution < -0.4 is 11.1 Å². The van der Waals surface area contributed by atoms with Gasteiger partial charge in [-0.05, 0) is 31.2 Å². The van der Waals surface area contributed by atoms with Crippen LogP contribution in [0.3, 0.4) is 0 Å². The normalized spacial score (nSPS) is 10.3. The van der Waals surface area contributed by atoms with Gasteiger partial charge in [0.05, 0.1) is 11.9 Å². The van der Waals surface area contributed by atoms with Gasteiger partial charge in [-0.25, -0.2) is 4.39 Å². The molecule has 2 aromatic rings. The van der Waals surface area contributed by atoms with E-state index >= 15 is 0 Å². The Labute approximate surface area is 103 Å². The lowest BCUT2D eigenvalue weighted by molar-refractivity contribution is 0.101. The summed E-state index contributed by atoms with van der Waals surface area (Å²) in [5.41, 5.74) is 6.82. The number of nitrogens with one attached hydrogen (secondary N) is 1. The highest BCUT2D eigenvalue weighted by atomic mass is 19.1. The zero-order valence-corrected chi connectivity index (χ0v) is 9.85. The second-order valence-corrected chi connectivity index (χ2v) is 3.73. The molecule has 2 rings (SSSR count). The lowest BCUT2D eigenvalue weighted by atomic mass is 10.3. The van der Waals surface area contributed by atoms with Gasteiger partial charge in [0.2, 0.25) is 0 Å². The van der Waals surface area contributed by atoms with Gasteiger partial charge in [0.15, 0.2) is 0 Å². The molecule has 0 saturated heterocycles. The maximum Gasteiger partial charge on any atom is 0.276 e. The Hall–Kier alpha value is -2.37. The molecule has 0 aliphatic rings. The summed E-state index contributed by atoms with van der Waals surface area (Å²) in [6, 6.07) is 5.51. The van der Waals surface area contributed by atoms with Crippen molar-refractivity contribution in [1.29, 1.82) is 0 Å². The fraction of sp³-hybridized carbons (Fsp3) is 0.167. The van der Waals surface area contributed by atoms with Crippen LogP contribution in [0.15, 0.2) is 30.5 Å². The summed E-state index contributed by atoms with van der Waals surface area (Å²) >= 11 is 0. The van der Waals surface area contributed by atoms with E-state index in [-0.39, 0.29) is 11.7 Å². The average molecular weight is 248 g/mol. The monoisotopic (exact) mass is 248 g/mol. The first-order valence-electron chi connectivity index (χ1n) is 5.50. The van der Waals surface area contributed by atoms with Gasteiger partial charge in [0, 0.05) is 12.2 Å². The molecular formula is C12H13FN4O. The number of rotatable bonds is 3. The number of amides is 1. The van der Waals surface area contributed by atoms with Crippen LogP contribution in [-0.2, 0) is 6.54 Å². The number of hydrogen-bond donors (Lipinski definition) is 2. The maximum atomic E-state index is 12.7. The Morgan fingerprint density at radius 1 is 1.44 bits per heavy atom. The van der Waals surface area contributed by atoms with Crippen molar-refractivity contribution in [1.82, 2.24) is 9.78 Å². The van der Waals surface area contributed by atoms with E-state index in [1.807, 2.05) is 6.92 Å². The van der Waals surface area contributed by atoms with Gasteiger partial charge in [-0.2, -0.15) is 5.10 Å². The summed E-state index contributed by atoms with van der Waals surface area (Å²) in [4.78, 5) is 12.0. The van der Waals surface area contributed by atoms with E-state index in [1.54, 1.807) is 0 Å². The summed E-state index contributed by atoms with van der Waals surface area (Å²) in [7, 11) is 0. The number of nitrogen functional groups attached to an aromatic ring is 1. The smallest absolute Gasteiger partial charge is 0.276 e. The van der Waals surface area contributed by atoms with Crippen molar-refractivity contribution in [2.24, 2.45) is 0 Å². The number of anilines is 2. The molecule has 0 bridgehead atoms. The minimum atomic E-state index is -0.363. The second kappa shape index (κ2) is 4.87. The van der Waals surface area contributed by atoms with Gasteiger partial charge >= 0.3 is 0 Å². The summed E-state index contributed by atoms with van der Waals surface area (Å²) in [5.74, 6) is -0.718. The standard InChI is InChI=1S/C12H13FN4O/c1-2-17-11(10(14)7-15-17)12(18)16-9-5-3-8(13)4-6-9/h3-7H,2,14H2,1H3,(H,16,18). The van der Waals surface area contributed by atoms with Gasteiger partial charge in [-0.1, -0.05) is 0 Å². The van der Waals surface area contributed by atoms with Crippen molar-refractivity contribution in [3.05, 3.63) is 42.0 Å². The molecule has 0 spiro atoms. The molecule has 94 valence electrons. The van der Waals surface area contributed by atoms with Crippen molar-refractivity contribution in [3.63, 3.8) is 0 Å². The highest BCUT2D eigenvalue weighted by Crippen LogP contribution is 2.14. The molecule has 18 heavy (non-hydrogen) atoms. The van der Waals surface area contributed by atoms with Crippen LogP contribution >= 0.6 is 0 Å². The number of aryl methyl sites for hydroxylation is 1. The van der Waals surface area contributed by atoms with Gasteiger partial charge in [-0.15, -0.1) is 0 Å². The lowest BCUT2D eigenvalue weighted by Gasteiger charge is -2.07. The third kappa shape index (κ3) is 2.32. The molecule has 0 atom stereocenters. The number of carbonyl (C=O) groups is 1. The quantitative estimate of drug-likeness (QED) is 0.871. The van der Waals surface area contributed by atoms with E-state index in [1.165, 1.54) is 35.1 Å². The first-order chi connectivity index (χ1) is 8.61. The zero-order valence-electron chi connectivity index (χ0n) is 9.85. The highest BCUT2D eigenvalue weighted by molar-refractivity contribution is 6.06. The minimum absolute atomic E-state index is 0.307. The van der Waals surface area contributed by atoms with Crippen molar-refractivity contribution in [3.8, 4) is 0 Å².